The number of aryl methyl sites for hydroxylation is 1. The van der Waals surface area contributed by atoms with Gasteiger partial charge in [0.15, 0.2) is 17.3 Å². The zero-order chi connectivity index (χ0) is 22.2. The Balaban J connectivity index is 1.97. The van der Waals surface area contributed by atoms with Crippen molar-refractivity contribution in [3.8, 4) is 11.5 Å². The molecule has 1 fully saturated rings. The summed E-state index contributed by atoms with van der Waals surface area (Å²) in [6.07, 6.45) is 3.09. The summed E-state index contributed by atoms with van der Waals surface area (Å²) in [5.41, 5.74) is 2.07. The molecule has 0 bridgehead atoms. The molecule has 0 radical (unpaired) electrons. The van der Waals surface area contributed by atoms with E-state index in [2.05, 4.69) is 4.90 Å². The Morgan fingerprint density at radius 1 is 0.968 bits per heavy atom. The van der Waals surface area contributed by atoms with Gasteiger partial charge in [-0.05, 0) is 56.5 Å². The lowest BCUT2D eigenvalue weighted by molar-refractivity contribution is -0.116. The Labute approximate surface area is 183 Å². The molecule has 31 heavy (non-hydrogen) atoms. The second-order valence-corrected chi connectivity index (χ2v) is 9.92. The molecule has 4 rings (SSSR count). The molecule has 0 aromatic heterocycles. The molecule has 1 saturated heterocycles. The summed E-state index contributed by atoms with van der Waals surface area (Å²) in [4.78, 5) is 15.4. The smallest absolute Gasteiger partial charge is 0.212 e. The van der Waals surface area contributed by atoms with Gasteiger partial charge in [-0.2, -0.15) is 0 Å². The van der Waals surface area contributed by atoms with Gasteiger partial charge in [-0.15, -0.1) is 0 Å². The first kappa shape index (κ1) is 21.4. The normalized spacial score (nSPS) is 19.3. The van der Waals surface area contributed by atoms with Gasteiger partial charge < -0.3 is 14.4 Å². The Bertz CT molecular complexity index is 1140. The number of carbonyl (C=O) groups is 1. The molecule has 0 amide bonds. The van der Waals surface area contributed by atoms with Crippen molar-refractivity contribution in [2.24, 2.45) is 0 Å². The number of Topliss-reactive ketones (excluding diaryl/α,β-unsaturated/α-hetero) is 1. The Hall–Kier alpha value is -2.80. The standard InChI is InChI=1S/C24H27NO5S/c1-16-7-10-19(11-8-16)31(27,28)24-20(26)15-18-6-4-5-13-25(18)23(24)17-9-12-21(29-2)22(14-17)30-3/h7-12,14,18H,4-6,13,15H2,1-3H3/t18-/m0/s1. The molecule has 2 aromatic rings. The van der Waals surface area contributed by atoms with E-state index >= 15 is 0 Å². The summed E-state index contributed by atoms with van der Waals surface area (Å²) in [5, 5.41) is 0. The van der Waals surface area contributed by atoms with Gasteiger partial charge in [-0.3, -0.25) is 4.79 Å². The number of nitrogens with zero attached hydrogens (tertiary/aromatic N) is 1. The van der Waals surface area contributed by atoms with Crippen LogP contribution in [0.1, 0.15) is 36.8 Å². The second-order valence-electron chi connectivity index (χ2n) is 8.03. The van der Waals surface area contributed by atoms with Gasteiger partial charge in [0.1, 0.15) is 4.91 Å². The molecule has 164 valence electrons. The topological polar surface area (TPSA) is 72.9 Å². The van der Waals surface area contributed by atoms with E-state index in [0.29, 0.717) is 29.3 Å². The first-order valence-electron chi connectivity index (χ1n) is 10.4. The zero-order valence-corrected chi connectivity index (χ0v) is 18.9. The van der Waals surface area contributed by atoms with Gasteiger partial charge in [0.05, 0.1) is 24.8 Å². The number of ketones is 1. The maximum atomic E-state index is 13.7. The Kier molecular flexibility index (Phi) is 5.79. The molecule has 1 atom stereocenters. The summed E-state index contributed by atoms with van der Waals surface area (Å²) in [5.74, 6) is 0.715. The van der Waals surface area contributed by atoms with Crippen LogP contribution >= 0.6 is 0 Å². The van der Waals surface area contributed by atoms with E-state index in [9.17, 15) is 13.2 Å². The lowest BCUT2D eigenvalue weighted by Gasteiger charge is -2.43. The maximum absolute atomic E-state index is 13.7. The average Bonchev–Trinajstić information content (AvgIpc) is 2.77. The second kappa shape index (κ2) is 8.38. The van der Waals surface area contributed by atoms with Gasteiger partial charge in [-0.25, -0.2) is 8.42 Å². The number of rotatable bonds is 5. The number of allylic oxidation sites excluding steroid dienone is 1. The minimum atomic E-state index is -3.99. The van der Waals surface area contributed by atoms with E-state index in [1.54, 1.807) is 49.6 Å². The highest BCUT2D eigenvalue weighted by molar-refractivity contribution is 7.96. The summed E-state index contributed by atoms with van der Waals surface area (Å²) >= 11 is 0. The molecule has 0 saturated carbocycles. The van der Waals surface area contributed by atoms with Crippen LogP contribution in [-0.2, 0) is 14.6 Å². The highest BCUT2D eigenvalue weighted by Crippen LogP contribution is 2.42. The number of hydrogen-bond acceptors (Lipinski definition) is 6. The molecule has 0 unspecified atom stereocenters. The molecular formula is C24H27NO5S. The number of carbonyl (C=O) groups excluding carboxylic acids is 1. The van der Waals surface area contributed by atoms with Crippen LogP contribution in [0.25, 0.3) is 5.70 Å². The maximum Gasteiger partial charge on any atom is 0.212 e. The van der Waals surface area contributed by atoms with Crippen molar-refractivity contribution in [1.29, 1.82) is 0 Å². The minimum absolute atomic E-state index is 0.0151. The number of benzene rings is 2. The molecule has 0 spiro atoms. The van der Waals surface area contributed by atoms with E-state index in [0.717, 1.165) is 24.8 Å². The minimum Gasteiger partial charge on any atom is -0.493 e. The molecule has 7 heteroatoms. The van der Waals surface area contributed by atoms with Crippen molar-refractivity contribution < 1.29 is 22.7 Å². The SMILES string of the molecule is COc1ccc(C2=C(S(=O)(=O)c3ccc(C)cc3)C(=O)C[C@@H]3CCCCN23)cc1OC. The fraction of sp³-hybridized carbons (Fsp3) is 0.375. The highest BCUT2D eigenvalue weighted by Gasteiger charge is 2.41. The van der Waals surface area contributed by atoms with Crippen LogP contribution in [0.5, 0.6) is 11.5 Å². The largest absolute Gasteiger partial charge is 0.493 e. The van der Waals surface area contributed by atoms with Crippen LogP contribution < -0.4 is 9.47 Å². The predicted octanol–water partition coefficient (Wildman–Crippen LogP) is 3.98. The summed E-state index contributed by atoms with van der Waals surface area (Å²) in [7, 11) is -0.907. The zero-order valence-electron chi connectivity index (χ0n) is 18.1. The first-order chi connectivity index (χ1) is 14.9. The van der Waals surface area contributed by atoms with Crippen LogP contribution in [0.2, 0.25) is 0 Å². The van der Waals surface area contributed by atoms with Crippen molar-refractivity contribution in [3.63, 3.8) is 0 Å². The number of fused-ring (bicyclic) bond motifs is 1. The average molecular weight is 442 g/mol. The van der Waals surface area contributed by atoms with Crippen molar-refractivity contribution >= 4 is 21.3 Å². The molecule has 6 nitrogen and oxygen atoms in total. The number of ether oxygens (including phenoxy) is 2. The first-order valence-corrected chi connectivity index (χ1v) is 11.9. The molecule has 0 aliphatic carbocycles. The van der Waals surface area contributed by atoms with Gasteiger partial charge in [0.25, 0.3) is 0 Å². The van der Waals surface area contributed by atoms with Crippen LogP contribution in [0.3, 0.4) is 0 Å². The lowest BCUT2D eigenvalue weighted by atomic mass is 9.90. The number of sulfone groups is 1. The van der Waals surface area contributed by atoms with Gasteiger partial charge in [0, 0.05) is 24.6 Å². The van der Waals surface area contributed by atoms with Gasteiger partial charge >= 0.3 is 0 Å². The van der Waals surface area contributed by atoms with E-state index in [-0.39, 0.29) is 28.0 Å². The summed E-state index contributed by atoms with van der Waals surface area (Å²) in [6.45, 7) is 2.61. The van der Waals surface area contributed by atoms with E-state index in [1.807, 2.05) is 6.92 Å². The van der Waals surface area contributed by atoms with Crippen LogP contribution in [0, 0.1) is 6.92 Å². The van der Waals surface area contributed by atoms with Crippen molar-refractivity contribution in [3.05, 3.63) is 58.5 Å². The highest BCUT2D eigenvalue weighted by atomic mass is 32.2. The molecule has 2 heterocycles. The predicted molar refractivity (Wildman–Crippen MR) is 119 cm³/mol. The number of hydrogen-bond donors (Lipinski definition) is 0. The lowest BCUT2D eigenvalue weighted by Crippen LogP contribution is -2.45. The molecule has 2 aliphatic heterocycles. The Morgan fingerprint density at radius 2 is 1.68 bits per heavy atom. The van der Waals surface area contributed by atoms with E-state index in [4.69, 9.17) is 9.47 Å². The third-order valence-corrected chi connectivity index (χ3v) is 7.91. The Morgan fingerprint density at radius 3 is 2.35 bits per heavy atom. The summed E-state index contributed by atoms with van der Waals surface area (Å²) in [6, 6.07) is 11.9. The van der Waals surface area contributed by atoms with Crippen molar-refractivity contribution in [1.82, 2.24) is 4.90 Å². The van der Waals surface area contributed by atoms with Crippen LogP contribution in [-0.4, -0.2) is 45.9 Å². The quantitative estimate of drug-likeness (QED) is 0.699. The van der Waals surface area contributed by atoms with E-state index < -0.39 is 9.84 Å². The molecule has 2 aromatic carbocycles. The number of piperidine rings is 1. The van der Waals surface area contributed by atoms with Crippen LogP contribution in [0.15, 0.2) is 52.3 Å². The van der Waals surface area contributed by atoms with Gasteiger partial charge in [0.2, 0.25) is 9.84 Å². The fourth-order valence-corrected chi connectivity index (χ4v) is 6.07. The van der Waals surface area contributed by atoms with E-state index in [1.165, 1.54) is 7.11 Å². The summed E-state index contributed by atoms with van der Waals surface area (Å²) < 4.78 is 38.2. The third kappa shape index (κ3) is 3.82. The molecular weight excluding hydrogens is 414 g/mol. The van der Waals surface area contributed by atoms with Crippen molar-refractivity contribution in [2.75, 3.05) is 20.8 Å². The fourth-order valence-electron chi connectivity index (χ4n) is 4.47. The third-order valence-electron chi connectivity index (χ3n) is 6.06. The van der Waals surface area contributed by atoms with Crippen molar-refractivity contribution in [2.45, 2.75) is 43.5 Å². The molecule has 0 N–H and O–H groups in total. The van der Waals surface area contributed by atoms with Gasteiger partial charge in [-0.1, -0.05) is 17.7 Å². The monoisotopic (exact) mass is 441 g/mol. The molecule has 2 aliphatic rings. The number of methoxy groups -OCH3 is 2. The van der Waals surface area contributed by atoms with Crippen LogP contribution in [0.4, 0.5) is 0 Å².